The highest BCUT2D eigenvalue weighted by atomic mass is 16.5. The van der Waals surface area contributed by atoms with Crippen molar-refractivity contribution in [2.45, 2.75) is 26.4 Å². The van der Waals surface area contributed by atoms with Crippen LogP contribution in [0, 0.1) is 0 Å². The van der Waals surface area contributed by atoms with E-state index < -0.39 is 6.10 Å². The average molecular weight is 342 g/mol. The van der Waals surface area contributed by atoms with Gasteiger partial charge < -0.3 is 20.1 Å². The van der Waals surface area contributed by atoms with Crippen molar-refractivity contribution in [3.05, 3.63) is 48.5 Å². The standard InChI is InChI=1S/C19H22N2O4/c1-4-18(25-17-11-9-16(24-3)10-12-17)19(23)21-15-7-5-14(6-8-15)20-13(2)22/h5-12,18H,4H2,1-3H3,(H,20,22)(H,21,23)/t18-/m0/s1. The molecule has 0 aliphatic rings. The molecule has 25 heavy (non-hydrogen) atoms. The third-order valence-electron chi connectivity index (χ3n) is 3.47. The Kier molecular flexibility index (Phi) is 6.39. The second kappa shape index (κ2) is 8.73. The Morgan fingerprint density at radius 2 is 1.44 bits per heavy atom. The van der Waals surface area contributed by atoms with Crippen LogP contribution >= 0.6 is 0 Å². The summed E-state index contributed by atoms with van der Waals surface area (Å²) >= 11 is 0. The van der Waals surface area contributed by atoms with Gasteiger partial charge in [0.05, 0.1) is 7.11 Å². The predicted octanol–water partition coefficient (Wildman–Crippen LogP) is 3.45. The van der Waals surface area contributed by atoms with Gasteiger partial charge in [-0.2, -0.15) is 0 Å². The second-order valence-electron chi connectivity index (χ2n) is 5.44. The van der Waals surface area contributed by atoms with Crippen LogP contribution < -0.4 is 20.1 Å². The monoisotopic (exact) mass is 342 g/mol. The Morgan fingerprint density at radius 3 is 1.92 bits per heavy atom. The van der Waals surface area contributed by atoms with E-state index in [2.05, 4.69) is 10.6 Å². The first kappa shape index (κ1) is 18.3. The summed E-state index contributed by atoms with van der Waals surface area (Å²) in [5.41, 5.74) is 1.31. The van der Waals surface area contributed by atoms with Crippen LogP contribution in [0.3, 0.4) is 0 Å². The first-order chi connectivity index (χ1) is 12.0. The highest BCUT2D eigenvalue weighted by Gasteiger charge is 2.18. The molecule has 1 atom stereocenters. The van der Waals surface area contributed by atoms with Gasteiger partial charge in [0.2, 0.25) is 5.91 Å². The molecule has 0 saturated heterocycles. The predicted molar refractivity (Wildman–Crippen MR) is 97.1 cm³/mol. The maximum atomic E-state index is 12.4. The highest BCUT2D eigenvalue weighted by Crippen LogP contribution is 2.20. The third-order valence-corrected chi connectivity index (χ3v) is 3.47. The Balaban J connectivity index is 1.97. The fourth-order valence-corrected chi connectivity index (χ4v) is 2.20. The van der Waals surface area contributed by atoms with Crippen LogP contribution in [0.5, 0.6) is 11.5 Å². The molecule has 0 spiro atoms. The van der Waals surface area contributed by atoms with Crippen molar-refractivity contribution in [3.8, 4) is 11.5 Å². The minimum absolute atomic E-state index is 0.143. The molecule has 6 nitrogen and oxygen atoms in total. The minimum atomic E-state index is -0.608. The van der Waals surface area contributed by atoms with Crippen LogP contribution in [0.1, 0.15) is 20.3 Å². The summed E-state index contributed by atoms with van der Waals surface area (Å²) in [6.07, 6.45) is -0.0783. The first-order valence-electron chi connectivity index (χ1n) is 8.01. The van der Waals surface area contributed by atoms with Crippen molar-refractivity contribution < 1.29 is 19.1 Å². The molecule has 0 aliphatic heterocycles. The lowest BCUT2D eigenvalue weighted by Gasteiger charge is -2.17. The van der Waals surface area contributed by atoms with E-state index in [4.69, 9.17) is 9.47 Å². The fraction of sp³-hybridized carbons (Fsp3) is 0.263. The molecule has 2 rings (SSSR count). The average Bonchev–Trinajstić information content (AvgIpc) is 2.61. The van der Waals surface area contributed by atoms with Crippen LogP contribution in [0.25, 0.3) is 0 Å². The van der Waals surface area contributed by atoms with Gasteiger partial charge in [0, 0.05) is 18.3 Å². The summed E-state index contributed by atoms with van der Waals surface area (Å²) in [4.78, 5) is 23.4. The Bertz CT molecular complexity index is 711. The molecule has 2 N–H and O–H groups in total. The Hall–Kier alpha value is -3.02. The van der Waals surface area contributed by atoms with E-state index in [9.17, 15) is 9.59 Å². The number of rotatable bonds is 7. The van der Waals surface area contributed by atoms with E-state index in [1.807, 2.05) is 6.92 Å². The maximum Gasteiger partial charge on any atom is 0.265 e. The van der Waals surface area contributed by atoms with Gasteiger partial charge in [0.15, 0.2) is 6.10 Å². The van der Waals surface area contributed by atoms with Crippen LogP contribution in [-0.2, 0) is 9.59 Å². The lowest BCUT2D eigenvalue weighted by atomic mass is 10.2. The summed E-state index contributed by atoms with van der Waals surface area (Å²) in [6, 6.07) is 14.0. The number of benzene rings is 2. The molecular formula is C19H22N2O4. The zero-order valence-corrected chi connectivity index (χ0v) is 14.5. The first-order valence-corrected chi connectivity index (χ1v) is 8.01. The molecule has 0 bridgehead atoms. The molecule has 2 amide bonds. The summed E-state index contributed by atoms with van der Waals surface area (Å²) in [6.45, 7) is 3.33. The number of carbonyl (C=O) groups is 2. The van der Waals surface area contributed by atoms with E-state index in [1.165, 1.54) is 6.92 Å². The van der Waals surface area contributed by atoms with Crippen molar-refractivity contribution in [2.24, 2.45) is 0 Å². The zero-order valence-electron chi connectivity index (χ0n) is 14.5. The molecule has 0 heterocycles. The normalized spacial score (nSPS) is 11.3. The number of methoxy groups -OCH3 is 1. The van der Waals surface area contributed by atoms with Gasteiger partial charge in [-0.05, 0) is 55.0 Å². The largest absolute Gasteiger partial charge is 0.497 e. The van der Waals surface area contributed by atoms with Gasteiger partial charge in [-0.25, -0.2) is 0 Å². The molecule has 2 aromatic rings. The molecule has 6 heteroatoms. The van der Waals surface area contributed by atoms with Crippen LogP contribution in [0.2, 0.25) is 0 Å². The van der Waals surface area contributed by atoms with Gasteiger partial charge >= 0.3 is 0 Å². The fourth-order valence-electron chi connectivity index (χ4n) is 2.20. The Labute approximate surface area is 147 Å². The van der Waals surface area contributed by atoms with E-state index >= 15 is 0 Å². The third kappa shape index (κ3) is 5.53. The van der Waals surface area contributed by atoms with Gasteiger partial charge in [0.25, 0.3) is 5.91 Å². The number of hydrogen-bond donors (Lipinski definition) is 2. The number of ether oxygens (including phenoxy) is 2. The molecule has 0 saturated carbocycles. The van der Waals surface area contributed by atoms with Crippen LogP contribution in [-0.4, -0.2) is 25.0 Å². The lowest BCUT2D eigenvalue weighted by molar-refractivity contribution is -0.122. The number of hydrogen-bond acceptors (Lipinski definition) is 4. The van der Waals surface area contributed by atoms with Crippen molar-refractivity contribution in [1.82, 2.24) is 0 Å². The molecule has 0 radical (unpaired) electrons. The molecular weight excluding hydrogens is 320 g/mol. The van der Waals surface area contributed by atoms with Gasteiger partial charge in [-0.1, -0.05) is 6.92 Å². The van der Waals surface area contributed by atoms with E-state index in [0.717, 1.165) is 5.75 Å². The number of amides is 2. The molecule has 0 aliphatic carbocycles. The summed E-state index contributed by atoms with van der Waals surface area (Å²) < 4.78 is 10.8. The van der Waals surface area contributed by atoms with Crippen molar-refractivity contribution in [3.63, 3.8) is 0 Å². The van der Waals surface area contributed by atoms with Crippen molar-refractivity contribution >= 4 is 23.2 Å². The SMILES string of the molecule is CC[C@H](Oc1ccc(OC)cc1)C(=O)Nc1ccc(NC(C)=O)cc1. The maximum absolute atomic E-state index is 12.4. The molecule has 2 aromatic carbocycles. The van der Waals surface area contributed by atoms with Gasteiger partial charge in [-0.3, -0.25) is 9.59 Å². The summed E-state index contributed by atoms with van der Waals surface area (Å²) in [5.74, 6) is 0.953. The molecule has 0 aromatic heterocycles. The lowest BCUT2D eigenvalue weighted by Crippen LogP contribution is -2.32. The van der Waals surface area contributed by atoms with Crippen molar-refractivity contribution in [1.29, 1.82) is 0 Å². The van der Waals surface area contributed by atoms with Gasteiger partial charge in [0.1, 0.15) is 11.5 Å². The summed E-state index contributed by atoms with van der Waals surface area (Å²) in [7, 11) is 1.59. The quantitative estimate of drug-likeness (QED) is 0.808. The smallest absolute Gasteiger partial charge is 0.265 e. The number of carbonyl (C=O) groups excluding carboxylic acids is 2. The number of anilines is 2. The van der Waals surface area contributed by atoms with Crippen molar-refractivity contribution in [2.75, 3.05) is 17.7 Å². The van der Waals surface area contributed by atoms with Crippen LogP contribution in [0.4, 0.5) is 11.4 Å². The highest BCUT2D eigenvalue weighted by molar-refractivity contribution is 5.95. The topological polar surface area (TPSA) is 76.7 Å². The minimum Gasteiger partial charge on any atom is -0.497 e. The van der Waals surface area contributed by atoms with Gasteiger partial charge in [-0.15, -0.1) is 0 Å². The number of nitrogens with one attached hydrogen (secondary N) is 2. The molecule has 0 fully saturated rings. The van der Waals surface area contributed by atoms with Crippen LogP contribution in [0.15, 0.2) is 48.5 Å². The second-order valence-corrected chi connectivity index (χ2v) is 5.44. The molecule has 0 unspecified atom stereocenters. The zero-order chi connectivity index (χ0) is 18.2. The van der Waals surface area contributed by atoms with E-state index in [1.54, 1.807) is 55.6 Å². The van der Waals surface area contributed by atoms with E-state index in [-0.39, 0.29) is 11.8 Å². The summed E-state index contributed by atoms with van der Waals surface area (Å²) in [5, 5.41) is 5.49. The molecule has 132 valence electrons. The Morgan fingerprint density at radius 1 is 0.920 bits per heavy atom. The van der Waals surface area contributed by atoms with E-state index in [0.29, 0.717) is 23.5 Å².